The van der Waals surface area contributed by atoms with E-state index in [1.165, 1.54) is 18.2 Å². The number of nitro groups is 1. The molecule has 37 heavy (non-hydrogen) atoms. The van der Waals surface area contributed by atoms with Crippen molar-refractivity contribution in [3.8, 4) is 0 Å². The van der Waals surface area contributed by atoms with Gasteiger partial charge in [-0.25, -0.2) is 0 Å². The first-order chi connectivity index (χ1) is 17.9. The molecule has 11 heteroatoms. The molecule has 0 spiro atoms. The van der Waals surface area contributed by atoms with Crippen LogP contribution in [0.25, 0.3) is 0 Å². The molecule has 202 valence electrons. The highest BCUT2D eigenvalue weighted by Gasteiger charge is 2.10. The van der Waals surface area contributed by atoms with E-state index < -0.39 is 4.92 Å². The number of carbonyl (C=O) groups excluding carboxylic acids is 1. The van der Waals surface area contributed by atoms with Crippen molar-refractivity contribution in [2.75, 3.05) is 57.3 Å². The lowest BCUT2D eigenvalue weighted by atomic mass is 10.2. The van der Waals surface area contributed by atoms with Crippen molar-refractivity contribution in [1.29, 1.82) is 0 Å². The second kappa shape index (κ2) is 16.6. The van der Waals surface area contributed by atoms with Crippen LogP contribution in [0.1, 0.15) is 33.6 Å². The van der Waals surface area contributed by atoms with Gasteiger partial charge in [0.25, 0.3) is 5.69 Å². The summed E-state index contributed by atoms with van der Waals surface area (Å²) >= 11 is 6.06. The van der Waals surface area contributed by atoms with Crippen LogP contribution in [0.4, 0.5) is 22.7 Å². The van der Waals surface area contributed by atoms with Crippen molar-refractivity contribution in [2.45, 2.75) is 33.6 Å². The fourth-order valence-corrected chi connectivity index (χ4v) is 3.84. The maximum absolute atomic E-state index is 12.0. The summed E-state index contributed by atoms with van der Waals surface area (Å²) in [6.45, 7) is 12.7. The van der Waals surface area contributed by atoms with Crippen LogP contribution in [-0.2, 0) is 9.53 Å². The molecule has 0 saturated heterocycles. The van der Waals surface area contributed by atoms with Gasteiger partial charge in [-0.15, -0.1) is 5.11 Å². The third-order valence-corrected chi connectivity index (χ3v) is 6.17. The van der Waals surface area contributed by atoms with Crippen molar-refractivity contribution in [3.05, 3.63) is 57.6 Å². The third-order valence-electron chi connectivity index (χ3n) is 5.86. The molecule has 0 aliphatic heterocycles. The van der Waals surface area contributed by atoms with E-state index in [0.29, 0.717) is 37.5 Å². The van der Waals surface area contributed by atoms with E-state index in [1.807, 2.05) is 31.2 Å². The van der Waals surface area contributed by atoms with Gasteiger partial charge in [0, 0.05) is 30.9 Å². The monoisotopic (exact) mass is 532 g/mol. The van der Waals surface area contributed by atoms with Crippen LogP contribution in [0, 0.1) is 10.1 Å². The Labute approximate surface area is 223 Å². The zero-order valence-electron chi connectivity index (χ0n) is 21.9. The van der Waals surface area contributed by atoms with Crippen LogP contribution in [0.5, 0.6) is 0 Å². The fourth-order valence-electron chi connectivity index (χ4n) is 3.63. The summed E-state index contributed by atoms with van der Waals surface area (Å²) in [5.41, 5.74) is 1.84. The average Bonchev–Trinajstić information content (AvgIpc) is 2.90. The normalized spacial score (nSPS) is 11.3. The maximum Gasteiger partial charge on any atom is 0.307 e. The molecule has 0 heterocycles. The fraction of sp³-hybridized carbons (Fsp3) is 0.500. The third kappa shape index (κ3) is 10.8. The second-order valence-electron chi connectivity index (χ2n) is 8.29. The summed E-state index contributed by atoms with van der Waals surface area (Å²) in [7, 11) is 0. The molecule has 0 radical (unpaired) electrons. The number of azo groups is 1. The first kappa shape index (κ1) is 30.1. The number of rotatable bonds is 17. The number of nitro benzene ring substituents is 1. The zero-order chi connectivity index (χ0) is 27.0. The first-order valence-corrected chi connectivity index (χ1v) is 13.0. The molecule has 0 saturated carbocycles. The summed E-state index contributed by atoms with van der Waals surface area (Å²) in [5, 5.41) is 22.5. The molecule has 0 aliphatic carbocycles. The zero-order valence-corrected chi connectivity index (χ0v) is 22.6. The van der Waals surface area contributed by atoms with E-state index in [2.05, 4.69) is 39.2 Å². The number of anilines is 1. The number of ether oxygens (including phenoxy) is 1. The first-order valence-electron chi connectivity index (χ1n) is 12.7. The number of hydrogen-bond acceptors (Lipinski definition) is 9. The number of nitrogens with one attached hydrogen (secondary N) is 1. The molecular weight excluding hydrogens is 496 g/mol. The van der Waals surface area contributed by atoms with Crippen LogP contribution in [-0.4, -0.2) is 68.2 Å². The minimum absolute atomic E-state index is 0.100. The molecule has 0 atom stereocenters. The van der Waals surface area contributed by atoms with Gasteiger partial charge in [-0.2, -0.15) is 5.11 Å². The van der Waals surface area contributed by atoms with Crippen molar-refractivity contribution in [3.63, 3.8) is 0 Å². The number of hydrogen-bond donors (Lipinski definition) is 1. The van der Waals surface area contributed by atoms with E-state index in [1.54, 1.807) is 0 Å². The summed E-state index contributed by atoms with van der Waals surface area (Å²) in [6, 6.07) is 11.5. The highest BCUT2D eigenvalue weighted by atomic mass is 35.5. The van der Waals surface area contributed by atoms with E-state index in [4.69, 9.17) is 16.3 Å². The molecule has 2 aromatic rings. The Morgan fingerprint density at radius 1 is 1.03 bits per heavy atom. The predicted molar refractivity (Wildman–Crippen MR) is 147 cm³/mol. The number of esters is 1. The van der Waals surface area contributed by atoms with E-state index in [0.717, 1.165) is 44.8 Å². The lowest BCUT2D eigenvalue weighted by Gasteiger charge is -2.23. The minimum atomic E-state index is -0.514. The Bertz CT molecular complexity index is 1010. The molecule has 2 rings (SSSR count). The molecular formula is C26H37ClN6O4. The van der Waals surface area contributed by atoms with Gasteiger partial charge in [-0.1, -0.05) is 25.4 Å². The highest BCUT2D eigenvalue weighted by molar-refractivity contribution is 6.33. The predicted octanol–water partition coefficient (Wildman–Crippen LogP) is 5.74. The van der Waals surface area contributed by atoms with Crippen LogP contribution >= 0.6 is 11.6 Å². The summed E-state index contributed by atoms with van der Waals surface area (Å²) in [6.07, 6.45) is 1.42. The highest BCUT2D eigenvalue weighted by Crippen LogP contribution is 2.30. The number of likely N-dealkylation sites (N-methyl/N-ethyl adjacent to an activating group) is 1. The van der Waals surface area contributed by atoms with Crippen molar-refractivity contribution in [2.24, 2.45) is 10.2 Å². The number of halogens is 1. The van der Waals surface area contributed by atoms with Crippen LogP contribution in [0.15, 0.2) is 52.7 Å². The molecule has 10 nitrogen and oxygen atoms in total. The maximum atomic E-state index is 12.0. The van der Waals surface area contributed by atoms with E-state index in [-0.39, 0.29) is 16.7 Å². The standard InChI is InChI=1S/C26H37ClN6O4/c1-4-31(5-2)17-7-15-28-16-14-26(34)37-19-18-32(6-3)22-10-8-21(9-11-22)29-30-25-13-12-23(33(35)36)20-24(25)27/h8-13,20,28H,4-7,14-19H2,1-3H3. The Hall–Kier alpha value is -3.08. The van der Waals surface area contributed by atoms with E-state index >= 15 is 0 Å². The van der Waals surface area contributed by atoms with Gasteiger partial charge in [0.1, 0.15) is 12.3 Å². The molecule has 0 unspecified atom stereocenters. The Morgan fingerprint density at radius 2 is 1.76 bits per heavy atom. The lowest BCUT2D eigenvalue weighted by Crippen LogP contribution is -2.29. The lowest BCUT2D eigenvalue weighted by molar-refractivity contribution is -0.384. The van der Waals surface area contributed by atoms with Gasteiger partial charge in [-0.05, 0) is 69.9 Å². The molecule has 2 aromatic carbocycles. The topological polar surface area (TPSA) is 113 Å². The second-order valence-corrected chi connectivity index (χ2v) is 8.70. The van der Waals surface area contributed by atoms with Crippen LogP contribution < -0.4 is 10.2 Å². The smallest absolute Gasteiger partial charge is 0.307 e. The summed E-state index contributed by atoms with van der Waals surface area (Å²) in [4.78, 5) is 26.8. The molecule has 0 bridgehead atoms. The SMILES string of the molecule is CCN(CC)CCCNCCC(=O)OCCN(CC)c1ccc(N=Nc2ccc([N+](=O)[O-])cc2Cl)cc1. The van der Waals surface area contributed by atoms with Crippen molar-refractivity contribution < 1.29 is 14.5 Å². The van der Waals surface area contributed by atoms with Crippen molar-refractivity contribution in [1.82, 2.24) is 10.2 Å². The van der Waals surface area contributed by atoms with Gasteiger partial charge < -0.3 is 19.9 Å². The molecule has 0 amide bonds. The van der Waals surface area contributed by atoms with Crippen LogP contribution in [0.3, 0.4) is 0 Å². The van der Waals surface area contributed by atoms with Gasteiger partial charge in [0.2, 0.25) is 0 Å². The van der Waals surface area contributed by atoms with Crippen LogP contribution in [0.2, 0.25) is 5.02 Å². The van der Waals surface area contributed by atoms with Gasteiger partial charge in [0.05, 0.1) is 28.6 Å². The minimum Gasteiger partial charge on any atom is -0.464 e. The Balaban J connectivity index is 1.73. The van der Waals surface area contributed by atoms with Crippen molar-refractivity contribution >= 4 is 40.3 Å². The molecule has 0 fully saturated rings. The summed E-state index contributed by atoms with van der Waals surface area (Å²) in [5.74, 6) is -0.201. The molecule has 0 aromatic heterocycles. The van der Waals surface area contributed by atoms with Gasteiger partial charge >= 0.3 is 5.97 Å². The van der Waals surface area contributed by atoms with E-state index in [9.17, 15) is 14.9 Å². The average molecular weight is 533 g/mol. The number of nitrogens with zero attached hydrogens (tertiary/aromatic N) is 5. The van der Waals surface area contributed by atoms with Gasteiger partial charge in [-0.3, -0.25) is 14.9 Å². The molecule has 1 N–H and O–H groups in total. The Kier molecular flexibility index (Phi) is 13.5. The quantitative estimate of drug-likeness (QED) is 0.0907. The molecule has 0 aliphatic rings. The van der Waals surface area contributed by atoms with Gasteiger partial charge in [0.15, 0.2) is 0 Å². The number of non-ortho nitro benzene ring substituents is 1. The summed E-state index contributed by atoms with van der Waals surface area (Å²) < 4.78 is 5.40. The number of carbonyl (C=O) groups is 1. The Morgan fingerprint density at radius 3 is 2.38 bits per heavy atom. The largest absolute Gasteiger partial charge is 0.464 e. The number of benzene rings is 2.